The minimum Gasteiger partial charge on any atom is -0.272 e. The Morgan fingerprint density at radius 3 is 2.12 bits per heavy atom. The number of nitrogens with one attached hydrogen (secondary N) is 2. The molecule has 2 amide bonds. The Morgan fingerprint density at radius 2 is 1.46 bits per heavy atom. The van der Waals surface area contributed by atoms with Crippen molar-refractivity contribution in [3.05, 3.63) is 96.3 Å². The summed E-state index contributed by atoms with van der Waals surface area (Å²) in [6.07, 6.45) is 1.52. The van der Waals surface area contributed by atoms with Crippen molar-refractivity contribution in [2.75, 3.05) is 0 Å². The van der Waals surface area contributed by atoms with E-state index in [1.807, 2.05) is 60.7 Å². The Bertz CT molecular complexity index is 858. The third kappa shape index (κ3) is 4.70. The maximum Gasteiger partial charge on any atom is 0.288 e. The van der Waals surface area contributed by atoms with Gasteiger partial charge in [-0.15, -0.1) is 11.8 Å². The van der Waals surface area contributed by atoms with Crippen LogP contribution in [0.5, 0.6) is 0 Å². The van der Waals surface area contributed by atoms with Crippen molar-refractivity contribution in [3.63, 3.8) is 0 Å². The second kappa shape index (κ2) is 8.82. The fraction of sp³-hybridized carbons (Fsp3) is 0.0500. The van der Waals surface area contributed by atoms with E-state index in [4.69, 9.17) is 0 Å². The Kier molecular flexibility index (Phi) is 6.01. The number of hydrazine groups is 1. The summed E-state index contributed by atoms with van der Waals surface area (Å²) in [7, 11) is 0. The summed E-state index contributed by atoms with van der Waals surface area (Å²) >= 11 is 1.42. The van der Waals surface area contributed by atoms with Crippen LogP contribution in [0.25, 0.3) is 0 Å². The predicted molar refractivity (Wildman–Crippen MR) is 101 cm³/mol. The molecule has 0 unspecified atom stereocenters. The summed E-state index contributed by atoms with van der Waals surface area (Å²) in [6.45, 7) is 0. The fourth-order valence-corrected chi connectivity index (χ4v) is 3.33. The first-order chi connectivity index (χ1) is 12.7. The number of aromatic nitrogens is 1. The monoisotopic (exact) mass is 363 g/mol. The molecule has 0 aliphatic heterocycles. The molecule has 3 rings (SSSR count). The molecule has 0 saturated carbocycles. The predicted octanol–water partition coefficient (Wildman–Crippen LogP) is 3.38. The van der Waals surface area contributed by atoms with Gasteiger partial charge in [0.2, 0.25) is 0 Å². The molecule has 5 nitrogen and oxygen atoms in total. The van der Waals surface area contributed by atoms with E-state index < -0.39 is 11.2 Å². The molecule has 0 aliphatic rings. The number of nitrogens with zero attached hydrogens (tertiary/aromatic N) is 1. The van der Waals surface area contributed by atoms with Gasteiger partial charge in [-0.2, -0.15) is 0 Å². The van der Waals surface area contributed by atoms with Crippen molar-refractivity contribution in [1.29, 1.82) is 0 Å². The van der Waals surface area contributed by atoms with Gasteiger partial charge in [-0.05, 0) is 29.8 Å². The largest absolute Gasteiger partial charge is 0.288 e. The Labute approximate surface area is 155 Å². The van der Waals surface area contributed by atoms with Gasteiger partial charge in [-0.1, -0.05) is 54.6 Å². The maximum atomic E-state index is 12.7. The van der Waals surface area contributed by atoms with Crippen LogP contribution in [0.4, 0.5) is 0 Å². The van der Waals surface area contributed by atoms with E-state index in [2.05, 4.69) is 15.8 Å². The normalized spacial score (nSPS) is 11.4. The van der Waals surface area contributed by atoms with E-state index in [-0.39, 0.29) is 11.6 Å². The van der Waals surface area contributed by atoms with Crippen LogP contribution in [0.3, 0.4) is 0 Å². The highest BCUT2D eigenvalue weighted by Crippen LogP contribution is 2.35. The third-order valence-corrected chi connectivity index (χ3v) is 4.80. The van der Waals surface area contributed by atoms with Gasteiger partial charge in [0.15, 0.2) is 0 Å². The van der Waals surface area contributed by atoms with Crippen LogP contribution in [0.15, 0.2) is 90.0 Å². The molecule has 6 heteroatoms. The van der Waals surface area contributed by atoms with Crippen molar-refractivity contribution >= 4 is 23.6 Å². The highest BCUT2D eigenvalue weighted by Gasteiger charge is 2.22. The van der Waals surface area contributed by atoms with Crippen molar-refractivity contribution in [3.8, 4) is 0 Å². The average Bonchev–Trinajstić information content (AvgIpc) is 2.72. The van der Waals surface area contributed by atoms with Crippen molar-refractivity contribution in [1.82, 2.24) is 15.8 Å². The topological polar surface area (TPSA) is 71.1 Å². The van der Waals surface area contributed by atoms with Crippen molar-refractivity contribution in [2.24, 2.45) is 0 Å². The number of thioether (sulfide) groups is 1. The zero-order valence-corrected chi connectivity index (χ0v) is 14.6. The summed E-state index contributed by atoms with van der Waals surface area (Å²) in [4.78, 5) is 29.7. The van der Waals surface area contributed by atoms with Gasteiger partial charge < -0.3 is 0 Å². The van der Waals surface area contributed by atoms with Gasteiger partial charge in [0, 0.05) is 11.1 Å². The first-order valence-corrected chi connectivity index (χ1v) is 8.90. The molecular formula is C20H17N3O2S. The Balaban J connectivity index is 1.72. The smallest absolute Gasteiger partial charge is 0.272 e. The standard InChI is InChI=1S/C20H17N3O2S/c24-19(17-13-7-8-14-21-17)22-23-20(25)18(15-9-3-1-4-10-15)26-16-11-5-2-6-12-16/h1-14,18H,(H,22,24)(H,23,25)/t18-/m0/s1. The van der Waals surface area contributed by atoms with Gasteiger partial charge in [-0.3, -0.25) is 25.4 Å². The van der Waals surface area contributed by atoms with Crippen LogP contribution >= 0.6 is 11.8 Å². The second-order valence-corrected chi connectivity index (χ2v) is 6.56. The molecule has 0 bridgehead atoms. The number of carbonyl (C=O) groups is 2. The lowest BCUT2D eigenvalue weighted by atomic mass is 10.1. The lowest BCUT2D eigenvalue weighted by Crippen LogP contribution is -2.43. The molecule has 1 aromatic heterocycles. The first kappa shape index (κ1) is 17.7. The van der Waals surface area contributed by atoms with Crippen LogP contribution in [0, 0.1) is 0 Å². The molecule has 0 aliphatic carbocycles. The fourth-order valence-electron chi connectivity index (χ4n) is 2.28. The molecule has 0 spiro atoms. The molecule has 1 atom stereocenters. The van der Waals surface area contributed by atoms with E-state index >= 15 is 0 Å². The van der Waals surface area contributed by atoms with Gasteiger partial charge >= 0.3 is 0 Å². The summed E-state index contributed by atoms with van der Waals surface area (Å²) in [5.74, 6) is -0.773. The highest BCUT2D eigenvalue weighted by molar-refractivity contribution is 8.00. The lowest BCUT2D eigenvalue weighted by Gasteiger charge is -2.17. The third-order valence-electron chi connectivity index (χ3n) is 3.53. The summed E-state index contributed by atoms with van der Waals surface area (Å²) in [5, 5.41) is -0.498. The van der Waals surface area contributed by atoms with E-state index in [1.54, 1.807) is 18.2 Å². The Hall–Kier alpha value is -3.12. The second-order valence-electron chi connectivity index (χ2n) is 5.38. The molecule has 130 valence electrons. The highest BCUT2D eigenvalue weighted by atomic mass is 32.2. The van der Waals surface area contributed by atoms with E-state index in [1.165, 1.54) is 18.0 Å². The quantitative estimate of drug-likeness (QED) is 0.538. The molecule has 0 saturated heterocycles. The SMILES string of the molecule is O=C(NNC(=O)[C@@H](Sc1ccccc1)c1ccccc1)c1ccccn1. The van der Waals surface area contributed by atoms with Gasteiger partial charge in [0.25, 0.3) is 11.8 Å². The first-order valence-electron chi connectivity index (χ1n) is 8.02. The maximum absolute atomic E-state index is 12.7. The number of rotatable bonds is 5. The number of hydrogen-bond acceptors (Lipinski definition) is 4. The minimum atomic E-state index is -0.498. The van der Waals surface area contributed by atoms with Crippen LogP contribution < -0.4 is 10.9 Å². The number of amides is 2. The number of benzene rings is 2. The van der Waals surface area contributed by atoms with Gasteiger partial charge in [0.05, 0.1) is 0 Å². The molecule has 2 N–H and O–H groups in total. The van der Waals surface area contributed by atoms with Crippen LogP contribution in [-0.2, 0) is 4.79 Å². The van der Waals surface area contributed by atoms with Crippen LogP contribution in [0.2, 0.25) is 0 Å². The summed E-state index contributed by atoms with van der Waals surface area (Å²) in [6, 6.07) is 24.1. The summed E-state index contributed by atoms with van der Waals surface area (Å²) < 4.78 is 0. The number of pyridine rings is 1. The molecule has 1 heterocycles. The minimum absolute atomic E-state index is 0.236. The zero-order chi connectivity index (χ0) is 18.2. The Morgan fingerprint density at radius 1 is 0.808 bits per heavy atom. The van der Waals surface area contributed by atoms with Crippen molar-refractivity contribution in [2.45, 2.75) is 10.1 Å². The number of carbonyl (C=O) groups excluding carboxylic acids is 2. The van der Waals surface area contributed by atoms with E-state index in [0.717, 1.165) is 10.5 Å². The molecule has 0 fully saturated rings. The van der Waals surface area contributed by atoms with Gasteiger partial charge in [-0.25, -0.2) is 0 Å². The number of hydrogen-bond donors (Lipinski definition) is 2. The molecule has 3 aromatic rings. The van der Waals surface area contributed by atoms with E-state index in [0.29, 0.717) is 0 Å². The zero-order valence-electron chi connectivity index (χ0n) is 13.8. The van der Waals surface area contributed by atoms with Crippen LogP contribution in [0.1, 0.15) is 21.3 Å². The average molecular weight is 363 g/mol. The summed E-state index contributed by atoms with van der Waals surface area (Å²) in [5.41, 5.74) is 6.01. The van der Waals surface area contributed by atoms with Crippen molar-refractivity contribution < 1.29 is 9.59 Å². The molecule has 0 radical (unpaired) electrons. The molecule has 2 aromatic carbocycles. The lowest BCUT2D eigenvalue weighted by molar-refractivity contribution is -0.121. The molecular weight excluding hydrogens is 346 g/mol. The van der Waals surface area contributed by atoms with Crippen LogP contribution in [-0.4, -0.2) is 16.8 Å². The molecule has 26 heavy (non-hydrogen) atoms. The van der Waals surface area contributed by atoms with Gasteiger partial charge in [0.1, 0.15) is 10.9 Å². The van der Waals surface area contributed by atoms with E-state index in [9.17, 15) is 9.59 Å².